The van der Waals surface area contributed by atoms with Gasteiger partial charge >= 0.3 is 12.1 Å². The summed E-state index contributed by atoms with van der Waals surface area (Å²) in [6.45, 7) is 6.33. The lowest BCUT2D eigenvalue weighted by molar-refractivity contribution is -0.145. The topological polar surface area (TPSA) is 103 Å². The molecule has 2 fully saturated rings. The van der Waals surface area contributed by atoms with Gasteiger partial charge in [0.15, 0.2) is 11.6 Å². The van der Waals surface area contributed by atoms with E-state index < -0.39 is 52.6 Å². The second kappa shape index (κ2) is 11.8. The van der Waals surface area contributed by atoms with Crippen molar-refractivity contribution in [1.82, 2.24) is 19.6 Å². The van der Waals surface area contributed by atoms with E-state index >= 15 is 8.78 Å². The molecule has 0 N–H and O–H groups in total. The van der Waals surface area contributed by atoms with Crippen LogP contribution in [0.15, 0.2) is 42.6 Å². The molecule has 43 heavy (non-hydrogen) atoms. The lowest BCUT2D eigenvalue weighted by Crippen LogP contribution is -2.52. The van der Waals surface area contributed by atoms with Crippen molar-refractivity contribution in [2.75, 3.05) is 26.7 Å². The molecule has 0 spiro atoms. The van der Waals surface area contributed by atoms with E-state index in [1.54, 1.807) is 54.7 Å². The Balaban J connectivity index is 1.38. The lowest BCUT2D eigenvalue weighted by atomic mass is 10.1. The van der Waals surface area contributed by atoms with Gasteiger partial charge in [-0.25, -0.2) is 18.4 Å². The summed E-state index contributed by atoms with van der Waals surface area (Å²) in [5.74, 6) is -3.69. The van der Waals surface area contributed by atoms with E-state index in [-0.39, 0.29) is 18.3 Å². The third-order valence-electron chi connectivity index (χ3n) is 7.21. The number of carbonyl (C=O) groups is 3. The van der Waals surface area contributed by atoms with Crippen LogP contribution in [0.4, 0.5) is 13.6 Å². The Morgan fingerprint density at radius 3 is 2.47 bits per heavy atom. The summed E-state index contributed by atoms with van der Waals surface area (Å²) in [5, 5.41) is 4.79. The molecule has 2 aliphatic heterocycles. The first kappa shape index (κ1) is 30.3. The van der Waals surface area contributed by atoms with Gasteiger partial charge in [0.1, 0.15) is 23.2 Å². The number of methoxy groups -OCH3 is 1. The van der Waals surface area contributed by atoms with Crippen LogP contribution in [0.25, 0.3) is 11.3 Å². The zero-order chi connectivity index (χ0) is 31.1. The Morgan fingerprint density at radius 1 is 1.02 bits per heavy atom. The Bertz CT molecular complexity index is 1570. The number of hydrogen-bond donors (Lipinski definition) is 0. The smallest absolute Gasteiger partial charge is 0.410 e. The molecule has 3 aromatic rings. The van der Waals surface area contributed by atoms with E-state index in [9.17, 15) is 14.4 Å². The van der Waals surface area contributed by atoms with Crippen molar-refractivity contribution in [3.63, 3.8) is 0 Å². The standard InChI is InChI=1S/C30H31ClF2N4O6/c1-30(2,3)43-29(40)35-15-18(16-35)37-23(9-10-34-37)20-12-17(31)7-8-25(20)42-26-14-21(32)19(13-22(26)33)27(38)36-11-5-6-24(36)28(39)41-4/h7-10,12-14,18,24H,5-6,11,15-16H2,1-4H3. The first-order chi connectivity index (χ1) is 20.4. The lowest BCUT2D eigenvalue weighted by Gasteiger charge is -2.40. The number of esters is 1. The second-order valence-electron chi connectivity index (χ2n) is 11.4. The van der Waals surface area contributed by atoms with Crippen molar-refractivity contribution >= 4 is 29.6 Å². The summed E-state index contributed by atoms with van der Waals surface area (Å²) in [5.41, 5.74) is -0.0958. The highest BCUT2D eigenvalue weighted by Crippen LogP contribution is 2.39. The van der Waals surface area contributed by atoms with E-state index in [4.69, 9.17) is 25.8 Å². The van der Waals surface area contributed by atoms with Crippen LogP contribution >= 0.6 is 11.6 Å². The molecule has 1 aromatic heterocycles. The summed E-state index contributed by atoms with van der Waals surface area (Å²) in [6, 6.07) is 6.94. The number of carbonyl (C=O) groups excluding carboxylic acids is 3. The number of ether oxygens (including phenoxy) is 3. The molecule has 1 unspecified atom stereocenters. The monoisotopic (exact) mass is 616 g/mol. The first-order valence-electron chi connectivity index (χ1n) is 13.7. The molecule has 0 radical (unpaired) electrons. The van der Waals surface area contributed by atoms with Crippen LogP contribution in [0.5, 0.6) is 11.5 Å². The molecule has 2 amide bonds. The molecule has 3 heterocycles. The van der Waals surface area contributed by atoms with Crippen molar-refractivity contribution in [3.8, 4) is 22.8 Å². The van der Waals surface area contributed by atoms with Crippen LogP contribution < -0.4 is 4.74 Å². The molecule has 2 aliphatic rings. The van der Waals surface area contributed by atoms with Crippen molar-refractivity contribution < 1.29 is 37.4 Å². The maximum Gasteiger partial charge on any atom is 0.410 e. The van der Waals surface area contributed by atoms with Crippen LogP contribution in [0.3, 0.4) is 0 Å². The highest BCUT2D eigenvalue weighted by Gasteiger charge is 2.38. The number of amides is 2. The molecule has 2 aromatic carbocycles. The zero-order valence-electron chi connectivity index (χ0n) is 24.1. The molecule has 10 nitrogen and oxygen atoms in total. The minimum absolute atomic E-state index is 0.164. The van der Waals surface area contributed by atoms with Crippen molar-refractivity contribution in [1.29, 1.82) is 0 Å². The molecule has 0 aliphatic carbocycles. The Labute approximate surface area is 252 Å². The summed E-state index contributed by atoms with van der Waals surface area (Å²) in [4.78, 5) is 40.3. The summed E-state index contributed by atoms with van der Waals surface area (Å²) < 4.78 is 48.3. The van der Waals surface area contributed by atoms with E-state index in [1.807, 2.05) is 0 Å². The van der Waals surface area contributed by atoms with Crippen LogP contribution in [-0.2, 0) is 14.3 Å². The molecule has 0 saturated carbocycles. The Morgan fingerprint density at radius 2 is 1.77 bits per heavy atom. The fourth-order valence-electron chi connectivity index (χ4n) is 5.13. The van der Waals surface area contributed by atoms with E-state index in [0.717, 1.165) is 12.1 Å². The van der Waals surface area contributed by atoms with Crippen LogP contribution in [-0.4, -0.2) is 75.9 Å². The number of likely N-dealkylation sites (tertiary alicyclic amines) is 2. The Kier molecular flexibility index (Phi) is 8.33. The number of halogens is 3. The van der Waals surface area contributed by atoms with Gasteiger partial charge in [0.25, 0.3) is 5.91 Å². The van der Waals surface area contributed by atoms with Crippen molar-refractivity contribution in [2.45, 2.75) is 51.3 Å². The molecular weight excluding hydrogens is 586 g/mol. The van der Waals surface area contributed by atoms with Crippen LogP contribution in [0, 0.1) is 11.6 Å². The van der Waals surface area contributed by atoms with Gasteiger partial charge in [-0.1, -0.05) is 11.6 Å². The highest BCUT2D eigenvalue weighted by atomic mass is 35.5. The van der Waals surface area contributed by atoms with E-state index in [2.05, 4.69) is 5.10 Å². The number of nitrogens with zero attached hydrogens (tertiary/aromatic N) is 4. The fraction of sp³-hybridized carbons (Fsp3) is 0.400. The molecule has 5 rings (SSSR count). The van der Waals surface area contributed by atoms with Gasteiger partial charge in [0.05, 0.1) is 24.4 Å². The quantitative estimate of drug-likeness (QED) is 0.320. The largest absolute Gasteiger partial charge is 0.467 e. The zero-order valence-corrected chi connectivity index (χ0v) is 24.9. The van der Waals surface area contributed by atoms with Crippen LogP contribution in [0.1, 0.15) is 50.0 Å². The fourth-order valence-corrected chi connectivity index (χ4v) is 5.30. The average molecular weight is 617 g/mol. The maximum atomic E-state index is 15.3. The normalized spacial score (nSPS) is 17.0. The van der Waals surface area contributed by atoms with Crippen molar-refractivity contribution in [2.24, 2.45) is 0 Å². The number of hydrogen-bond acceptors (Lipinski definition) is 7. The second-order valence-corrected chi connectivity index (χ2v) is 11.8. The Hall–Kier alpha value is -4.19. The number of benzene rings is 2. The number of rotatable bonds is 6. The maximum absolute atomic E-state index is 15.3. The van der Waals surface area contributed by atoms with Gasteiger partial charge in [-0.3, -0.25) is 9.48 Å². The van der Waals surface area contributed by atoms with Crippen LogP contribution in [0.2, 0.25) is 5.02 Å². The molecule has 228 valence electrons. The SMILES string of the molecule is COC(=O)C1CCCN1C(=O)c1cc(F)c(Oc2ccc(Cl)cc2-c2ccnn2C2CN(C(=O)OC(C)(C)C)C2)cc1F. The number of aromatic nitrogens is 2. The summed E-state index contributed by atoms with van der Waals surface area (Å²) in [7, 11) is 1.21. The van der Waals surface area contributed by atoms with Gasteiger partial charge < -0.3 is 24.0 Å². The first-order valence-corrected chi connectivity index (χ1v) is 14.1. The summed E-state index contributed by atoms with van der Waals surface area (Å²) >= 11 is 6.30. The summed E-state index contributed by atoms with van der Waals surface area (Å²) in [6.07, 6.45) is 2.07. The van der Waals surface area contributed by atoms with Gasteiger partial charge in [-0.05, 0) is 63.9 Å². The minimum Gasteiger partial charge on any atom is -0.467 e. The molecular formula is C30H31ClF2N4O6. The third-order valence-corrected chi connectivity index (χ3v) is 7.44. The third kappa shape index (κ3) is 6.29. The predicted octanol–water partition coefficient (Wildman–Crippen LogP) is 5.84. The molecule has 2 saturated heterocycles. The van der Waals surface area contributed by atoms with Gasteiger partial charge in [0, 0.05) is 42.5 Å². The highest BCUT2D eigenvalue weighted by molar-refractivity contribution is 6.31. The van der Waals surface area contributed by atoms with Gasteiger partial charge in [0.2, 0.25) is 0 Å². The minimum atomic E-state index is -1.01. The molecule has 1 atom stereocenters. The van der Waals surface area contributed by atoms with E-state index in [1.165, 1.54) is 18.1 Å². The van der Waals surface area contributed by atoms with E-state index in [0.29, 0.717) is 42.2 Å². The van der Waals surface area contributed by atoms with Gasteiger partial charge in [-0.15, -0.1) is 0 Å². The predicted molar refractivity (Wildman–Crippen MR) is 152 cm³/mol. The van der Waals surface area contributed by atoms with Gasteiger partial charge in [-0.2, -0.15) is 5.10 Å². The molecule has 13 heteroatoms. The van der Waals surface area contributed by atoms with Crippen molar-refractivity contribution in [3.05, 3.63) is 64.8 Å². The average Bonchev–Trinajstić information content (AvgIpc) is 3.59. The molecule has 0 bridgehead atoms.